The highest BCUT2D eigenvalue weighted by atomic mass is 16.5. The van der Waals surface area contributed by atoms with Crippen molar-refractivity contribution in [2.45, 2.75) is 6.54 Å². The van der Waals surface area contributed by atoms with Gasteiger partial charge in [-0.25, -0.2) is 4.98 Å². The zero-order valence-corrected chi connectivity index (χ0v) is 8.43. The van der Waals surface area contributed by atoms with Crippen molar-refractivity contribution >= 4 is 5.69 Å². The number of nitrogens with zero attached hydrogens (tertiary/aromatic N) is 1. The average molecular weight is 204 g/mol. The third-order valence-corrected chi connectivity index (χ3v) is 1.99. The van der Waals surface area contributed by atoms with Crippen LogP contribution in [0.15, 0.2) is 41.1 Å². The van der Waals surface area contributed by atoms with Crippen molar-refractivity contribution in [1.82, 2.24) is 4.98 Å². The van der Waals surface area contributed by atoms with Crippen molar-refractivity contribution in [3.8, 4) is 5.88 Å². The summed E-state index contributed by atoms with van der Waals surface area (Å²) in [4.78, 5) is 4.08. The molecule has 0 bridgehead atoms. The van der Waals surface area contributed by atoms with Crippen molar-refractivity contribution in [2.75, 3.05) is 12.4 Å². The van der Waals surface area contributed by atoms with Crippen LogP contribution in [0.3, 0.4) is 0 Å². The van der Waals surface area contributed by atoms with Crippen LogP contribution in [-0.4, -0.2) is 12.1 Å². The van der Waals surface area contributed by atoms with E-state index in [9.17, 15) is 0 Å². The molecule has 78 valence electrons. The van der Waals surface area contributed by atoms with Crippen LogP contribution in [0.25, 0.3) is 0 Å². The molecular formula is C11H12N2O2. The van der Waals surface area contributed by atoms with Crippen molar-refractivity contribution in [3.05, 3.63) is 42.5 Å². The molecule has 0 unspecified atom stereocenters. The number of nitrogens with one attached hydrogen (secondary N) is 1. The van der Waals surface area contributed by atoms with Crippen molar-refractivity contribution in [3.63, 3.8) is 0 Å². The molecule has 4 heteroatoms. The highest BCUT2D eigenvalue weighted by molar-refractivity contribution is 5.42. The van der Waals surface area contributed by atoms with Crippen LogP contribution >= 0.6 is 0 Å². The second-order valence-corrected chi connectivity index (χ2v) is 3.02. The fraction of sp³-hybridized carbons (Fsp3) is 0.182. The van der Waals surface area contributed by atoms with E-state index in [0.717, 1.165) is 11.4 Å². The Bertz CT molecular complexity index is 395. The molecule has 0 saturated carbocycles. The lowest BCUT2D eigenvalue weighted by atomic mass is 10.4. The topological polar surface area (TPSA) is 47.3 Å². The molecule has 0 aliphatic rings. The third kappa shape index (κ3) is 2.49. The largest absolute Gasteiger partial charge is 0.481 e. The Morgan fingerprint density at radius 1 is 1.40 bits per heavy atom. The summed E-state index contributed by atoms with van der Waals surface area (Å²) >= 11 is 0. The van der Waals surface area contributed by atoms with Gasteiger partial charge in [0.15, 0.2) is 0 Å². The Kier molecular flexibility index (Phi) is 2.88. The van der Waals surface area contributed by atoms with Crippen LogP contribution in [0.1, 0.15) is 5.76 Å². The van der Waals surface area contributed by atoms with Gasteiger partial charge in [-0.15, -0.1) is 0 Å². The first kappa shape index (κ1) is 9.58. The van der Waals surface area contributed by atoms with Gasteiger partial charge in [-0.05, 0) is 18.2 Å². The molecule has 2 aromatic rings. The summed E-state index contributed by atoms with van der Waals surface area (Å²) in [5.41, 5.74) is 0.937. The van der Waals surface area contributed by atoms with Gasteiger partial charge in [-0.2, -0.15) is 0 Å². The van der Waals surface area contributed by atoms with Crippen LogP contribution in [0.2, 0.25) is 0 Å². The Morgan fingerprint density at radius 3 is 2.93 bits per heavy atom. The zero-order valence-electron chi connectivity index (χ0n) is 8.43. The lowest BCUT2D eigenvalue weighted by Gasteiger charge is -2.04. The lowest BCUT2D eigenvalue weighted by Crippen LogP contribution is -1.98. The smallest absolute Gasteiger partial charge is 0.213 e. The second-order valence-electron chi connectivity index (χ2n) is 3.02. The van der Waals surface area contributed by atoms with E-state index in [1.165, 1.54) is 0 Å². The van der Waals surface area contributed by atoms with Crippen LogP contribution < -0.4 is 10.1 Å². The first-order valence-corrected chi connectivity index (χ1v) is 4.65. The quantitative estimate of drug-likeness (QED) is 0.830. The van der Waals surface area contributed by atoms with Crippen LogP contribution in [0.4, 0.5) is 5.69 Å². The summed E-state index contributed by atoms with van der Waals surface area (Å²) in [6.07, 6.45) is 3.38. The maximum atomic E-state index is 5.19. The molecule has 0 fully saturated rings. The Morgan fingerprint density at radius 2 is 2.33 bits per heavy atom. The molecule has 0 aliphatic heterocycles. The van der Waals surface area contributed by atoms with Gasteiger partial charge in [0.2, 0.25) is 5.88 Å². The van der Waals surface area contributed by atoms with E-state index in [-0.39, 0.29) is 0 Å². The molecule has 15 heavy (non-hydrogen) atoms. The number of rotatable bonds is 4. The number of hydrogen-bond acceptors (Lipinski definition) is 4. The summed E-state index contributed by atoms with van der Waals surface area (Å²) < 4.78 is 10.2. The molecule has 2 rings (SSSR count). The van der Waals surface area contributed by atoms with Gasteiger partial charge in [0.25, 0.3) is 0 Å². The minimum atomic E-state index is 0.610. The van der Waals surface area contributed by atoms with Crippen molar-refractivity contribution in [1.29, 1.82) is 0 Å². The molecule has 0 saturated heterocycles. The number of anilines is 1. The number of methoxy groups -OCH3 is 1. The second kappa shape index (κ2) is 4.50. The predicted molar refractivity (Wildman–Crippen MR) is 56.8 cm³/mol. The first-order chi connectivity index (χ1) is 7.38. The minimum Gasteiger partial charge on any atom is -0.481 e. The molecule has 0 atom stereocenters. The average Bonchev–Trinajstić information content (AvgIpc) is 2.80. The standard InChI is InChI=1S/C11H12N2O2/c1-14-11-5-4-9(7-13-11)12-8-10-3-2-6-15-10/h2-7,12H,8H2,1H3. The van der Waals surface area contributed by atoms with Crippen molar-refractivity contribution in [2.24, 2.45) is 0 Å². The number of ether oxygens (including phenoxy) is 1. The van der Waals surface area contributed by atoms with E-state index in [1.54, 1.807) is 19.6 Å². The first-order valence-electron chi connectivity index (χ1n) is 4.65. The number of pyridine rings is 1. The minimum absolute atomic E-state index is 0.610. The van der Waals surface area contributed by atoms with Crippen LogP contribution in [0, 0.1) is 0 Å². The molecule has 0 amide bonds. The Balaban J connectivity index is 1.93. The summed E-state index contributed by atoms with van der Waals surface area (Å²) in [6, 6.07) is 7.51. The predicted octanol–water partition coefficient (Wildman–Crippen LogP) is 2.30. The van der Waals surface area contributed by atoms with Crippen molar-refractivity contribution < 1.29 is 9.15 Å². The van der Waals surface area contributed by atoms with Gasteiger partial charge >= 0.3 is 0 Å². The van der Waals surface area contributed by atoms with Gasteiger partial charge in [0.1, 0.15) is 5.76 Å². The molecule has 0 radical (unpaired) electrons. The van der Waals surface area contributed by atoms with E-state index in [2.05, 4.69) is 10.3 Å². The third-order valence-electron chi connectivity index (χ3n) is 1.99. The van der Waals surface area contributed by atoms with E-state index in [4.69, 9.17) is 9.15 Å². The van der Waals surface area contributed by atoms with Gasteiger partial charge in [-0.1, -0.05) is 0 Å². The van der Waals surface area contributed by atoms with Gasteiger partial charge in [0, 0.05) is 6.07 Å². The van der Waals surface area contributed by atoms with E-state index in [0.29, 0.717) is 12.4 Å². The maximum absolute atomic E-state index is 5.19. The summed E-state index contributed by atoms with van der Waals surface area (Å²) in [5, 5.41) is 3.19. The zero-order chi connectivity index (χ0) is 10.5. The fourth-order valence-corrected chi connectivity index (χ4v) is 1.21. The molecule has 1 N–H and O–H groups in total. The van der Waals surface area contributed by atoms with E-state index in [1.807, 2.05) is 24.3 Å². The number of hydrogen-bond donors (Lipinski definition) is 1. The monoisotopic (exact) mass is 204 g/mol. The summed E-state index contributed by atoms with van der Waals surface area (Å²) in [6.45, 7) is 0.654. The molecule has 4 nitrogen and oxygen atoms in total. The highest BCUT2D eigenvalue weighted by Crippen LogP contribution is 2.12. The fourth-order valence-electron chi connectivity index (χ4n) is 1.21. The number of aromatic nitrogens is 1. The molecule has 0 spiro atoms. The van der Waals surface area contributed by atoms with Gasteiger partial charge in [-0.3, -0.25) is 0 Å². The van der Waals surface area contributed by atoms with Gasteiger partial charge in [0.05, 0.1) is 31.8 Å². The molecule has 0 aromatic carbocycles. The highest BCUT2D eigenvalue weighted by Gasteiger charge is 1.97. The molecule has 2 heterocycles. The molecule has 0 aliphatic carbocycles. The lowest BCUT2D eigenvalue weighted by molar-refractivity contribution is 0.398. The summed E-state index contributed by atoms with van der Waals surface area (Å²) in [7, 11) is 1.60. The number of furan rings is 1. The maximum Gasteiger partial charge on any atom is 0.213 e. The van der Waals surface area contributed by atoms with Gasteiger partial charge < -0.3 is 14.5 Å². The van der Waals surface area contributed by atoms with Crippen LogP contribution in [-0.2, 0) is 6.54 Å². The van der Waals surface area contributed by atoms with E-state index >= 15 is 0 Å². The van der Waals surface area contributed by atoms with Crippen LogP contribution in [0.5, 0.6) is 5.88 Å². The molecule has 2 aromatic heterocycles. The van der Waals surface area contributed by atoms with E-state index < -0.39 is 0 Å². The molecular weight excluding hydrogens is 192 g/mol. The SMILES string of the molecule is COc1ccc(NCc2ccco2)cn1. The Hall–Kier alpha value is -1.97. The summed E-state index contributed by atoms with van der Waals surface area (Å²) in [5.74, 6) is 1.50. The normalized spacial score (nSPS) is 9.93. The Labute approximate surface area is 87.9 Å².